The molecule has 1 unspecified atom stereocenters. The third-order valence-corrected chi connectivity index (χ3v) is 3.82. The average Bonchev–Trinajstić information content (AvgIpc) is 2.85. The number of aromatic nitrogens is 3. The minimum absolute atomic E-state index is 0.0635. The van der Waals surface area contributed by atoms with Crippen molar-refractivity contribution in [2.45, 2.75) is 45.3 Å². The van der Waals surface area contributed by atoms with E-state index in [1.165, 1.54) is 0 Å². The van der Waals surface area contributed by atoms with E-state index in [0.29, 0.717) is 6.04 Å². The number of rotatable bonds is 3. The number of nitrogens with zero attached hydrogens (tertiary/aromatic N) is 2. The van der Waals surface area contributed by atoms with Crippen LogP contribution in [0.4, 0.5) is 5.69 Å². The summed E-state index contributed by atoms with van der Waals surface area (Å²) in [5.74, 6) is 1.56. The first-order chi connectivity index (χ1) is 10.0. The standard InChI is InChI=1S/C16H22N4O/c1-11-17-15(20-19-11)13-6-4-5-7-14(13)18-12-8-9-21-16(2,3)10-12/h4-7,12,18H,8-10H2,1-3H3,(H,17,19,20). The fourth-order valence-electron chi connectivity index (χ4n) is 2.84. The van der Waals surface area contributed by atoms with Crippen molar-refractivity contribution < 1.29 is 4.74 Å². The van der Waals surface area contributed by atoms with E-state index in [4.69, 9.17) is 4.74 Å². The van der Waals surface area contributed by atoms with Crippen molar-refractivity contribution in [2.75, 3.05) is 11.9 Å². The Morgan fingerprint density at radius 3 is 2.86 bits per heavy atom. The van der Waals surface area contributed by atoms with Crippen molar-refractivity contribution >= 4 is 5.69 Å². The molecule has 1 fully saturated rings. The van der Waals surface area contributed by atoms with Crippen LogP contribution < -0.4 is 5.32 Å². The summed E-state index contributed by atoms with van der Waals surface area (Å²) < 4.78 is 5.78. The maximum Gasteiger partial charge on any atom is 0.183 e. The number of benzene rings is 1. The molecule has 2 heterocycles. The fourth-order valence-corrected chi connectivity index (χ4v) is 2.84. The van der Waals surface area contributed by atoms with Gasteiger partial charge in [0.25, 0.3) is 0 Å². The molecular formula is C16H22N4O. The highest BCUT2D eigenvalue weighted by Gasteiger charge is 2.29. The average molecular weight is 286 g/mol. The van der Waals surface area contributed by atoms with E-state index in [1.54, 1.807) is 0 Å². The lowest BCUT2D eigenvalue weighted by molar-refractivity contribution is -0.0553. The van der Waals surface area contributed by atoms with Crippen molar-refractivity contribution in [3.8, 4) is 11.4 Å². The van der Waals surface area contributed by atoms with Gasteiger partial charge < -0.3 is 10.1 Å². The molecule has 0 bridgehead atoms. The highest BCUT2D eigenvalue weighted by atomic mass is 16.5. The molecular weight excluding hydrogens is 264 g/mol. The first-order valence-electron chi connectivity index (χ1n) is 7.42. The van der Waals surface area contributed by atoms with Gasteiger partial charge in [-0.1, -0.05) is 12.1 Å². The maximum atomic E-state index is 5.78. The van der Waals surface area contributed by atoms with Gasteiger partial charge in [-0.25, -0.2) is 4.98 Å². The zero-order valence-electron chi connectivity index (χ0n) is 12.8. The number of hydrogen-bond acceptors (Lipinski definition) is 4. The Hall–Kier alpha value is -1.88. The number of H-pyrrole nitrogens is 1. The first-order valence-corrected chi connectivity index (χ1v) is 7.42. The Morgan fingerprint density at radius 1 is 1.33 bits per heavy atom. The third-order valence-electron chi connectivity index (χ3n) is 3.82. The highest BCUT2D eigenvalue weighted by molar-refractivity contribution is 5.73. The molecule has 0 radical (unpaired) electrons. The Balaban J connectivity index is 1.83. The normalized spacial score (nSPS) is 21.2. The molecule has 5 nitrogen and oxygen atoms in total. The number of anilines is 1. The first kappa shape index (κ1) is 14.1. The fraction of sp³-hybridized carbons (Fsp3) is 0.500. The van der Waals surface area contributed by atoms with Crippen molar-refractivity contribution in [2.24, 2.45) is 0 Å². The van der Waals surface area contributed by atoms with Crippen LogP contribution in [0.5, 0.6) is 0 Å². The third kappa shape index (κ3) is 3.24. The van der Waals surface area contributed by atoms with E-state index in [1.807, 2.05) is 19.1 Å². The van der Waals surface area contributed by atoms with Crippen molar-refractivity contribution in [3.63, 3.8) is 0 Å². The summed E-state index contributed by atoms with van der Waals surface area (Å²) in [7, 11) is 0. The molecule has 3 rings (SSSR count). The van der Waals surface area contributed by atoms with Gasteiger partial charge in [0.1, 0.15) is 5.82 Å². The molecule has 1 saturated heterocycles. The molecule has 5 heteroatoms. The topological polar surface area (TPSA) is 62.8 Å². The monoisotopic (exact) mass is 286 g/mol. The molecule has 0 spiro atoms. The lowest BCUT2D eigenvalue weighted by Gasteiger charge is -2.36. The summed E-state index contributed by atoms with van der Waals surface area (Å²) >= 11 is 0. The number of hydrogen-bond donors (Lipinski definition) is 2. The van der Waals surface area contributed by atoms with Crippen LogP contribution in [0.15, 0.2) is 24.3 Å². The van der Waals surface area contributed by atoms with E-state index in [9.17, 15) is 0 Å². The van der Waals surface area contributed by atoms with Crippen LogP contribution in [0.3, 0.4) is 0 Å². The molecule has 0 saturated carbocycles. The number of para-hydroxylation sites is 1. The van der Waals surface area contributed by atoms with Crippen molar-refractivity contribution in [3.05, 3.63) is 30.1 Å². The van der Waals surface area contributed by atoms with Gasteiger partial charge in [-0.3, -0.25) is 5.10 Å². The molecule has 112 valence electrons. The predicted octanol–water partition coefficient (Wildman–Crippen LogP) is 3.15. The molecule has 1 aromatic heterocycles. The number of aromatic amines is 1. The maximum absolute atomic E-state index is 5.78. The second-order valence-electron chi connectivity index (χ2n) is 6.23. The smallest absolute Gasteiger partial charge is 0.183 e. The minimum Gasteiger partial charge on any atom is -0.382 e. The zero-order chi connectivity index (χ0) is 14.9. The van der Waals surface area contributed by atoms with Gasteiger partial charge in [0.15, 0.2) is 5.82 Å². The molecule has 2 aromatic rings. The Labute approximate surface area is 125 Å². The predicted molar refractivity (Wildman–Crippen MR) is 83.2 cm³/mol. The van der Waals surface area contributed by atoms with E-state index in [-0.39, 0.29) is 5.60 Å². The van der Waals surface area contributed by atoms with Crippen LogP contribution in [0.25, 0.3) is 11.4 Å². The van der Waals surface area contributed by atoms with Gasteiger partial charge in [-0.2, -0.15) is 5.10 Å². The van der Waals surface area contributed by atoms with E-state index >= 15 is 0 Å². The summed E-state index contributed by atoms with van der Waals surface area (Å²) in [4.78, 5) is 4.43. The second-order valence-corrected chi connectivity index (χ2v) is 6.23. The molecule has 1 aliphatic heterocycles. The SMILES string of the molecule is Cc1nc(-c2ccccc2NC2CCOC(C)(C)C2)n[nH]1. The molecule has 0 aliphatic carbocycles. The number of aryl methyl sites for hydroxylation is 1. The molecule has 1 aliphatic rings. The van der Waals surface area contributed by atoms with Crippen LogP contribution in [-0.4, -0.2) is 33.4 Å². The van der Waals surface area contributed by atoms with Gasteiger partial charge in [0.2, 0.25) is 0 Å². The number of ether oxygens (including phenoxy) is 1. The van der Waals surface area contributed by atoms with Gasteiger partial charge in [0.05, 0.1) is 5.60 Å². The van der Waals surface area contributed by atoms with Crippen LogP contribution in [0, 0.1) is 6.92 Å². The zero-order valence-corrected chi connectivity index (χ0v) is 12.8. The van der Waals surface area contributed by atoms with E-state index < -0.39 is 0 Å². The Kier molecular flexibility index (Phi) is 3.68. The van der Waals surface area contributed by atoms with Crippen LogP contribution in [0.1, 0.15) is 32.5 Å². The van der Waals surface area contributed by atoms with Gasteiger partial charge in [-0.05, 0) is 45.7 Å². The summed E-state index contributed by atoms with van der Waals surface area (Å²) in [5, 5.41) is 10.8. The van der Waals surface area contributed by atoms with Crippen molar-refractivity contribution in [1.29, 1.82) is 0 Å². The summed E-state index contributed by atoms with van der Waals surface area (Å²) in [6.45, 7) is 7.00. The summed E-state index contributed by atoms with van der Waals surface area (Å²) in [6.07, 6.45) is 2.01. The molecule has 21 heavy (non-hydrogen) atoms. The molecule has 1 atom stereocenters. The summed E-state index contributed by atoms with van der Waals surface area (Å²) in [6, 6.07) is 8.60. The van der Waals surface area contributed by atoms with Gasteiger partial charge in [-0.15, -0.1) is 0 Å². The molecule has 0 amide bonds. The van der Waals surface area contributed by atoms with Crippen molar-refractivity contribution in [1.82, 2.24) is 15.2 Å². The summed E-state index contributed by atoms with van der Waals surface area (Å²) in [5.41, 5.74) is 2.05. The Morgan fingerprint density at radius 2 is 2.14 bits per heavy atom. The highest BCUT2D eigenvalue weighted by Crippen LogP contribution is 2.30. The number of nitrogens with one attached hydrogen (secondary N) is 2. The molecule has 2 N–H and O–H groups in total. The van der Waals surface area contributed by atoms with Gasteiger partial charge in [0, 0.05) is 23.9 Å². The lowest BCUT2D eigenvalue weighted by atomic mass is 9.93. The van der Waals surface area contributed by atoms with Crippen LogP contribution >= 0.6 is 0 Å². The van der Waals surface area contributed by atoms with E-state index in [2.05, 4.69) is 46.5 Å². The quantitative estimate of drug-likeness (QED) is 0.910. The van der Waals surface area contributed by atoms with Gasteiger partial charge >= 0.3 is 0 Å². The van der Waals surface area contributed by atoms with Crippen LogP contribution in [0.2, 0.25) is 0 Å². The second kappa shape index (κ2) is 5.48. The molecule has 1 aromatic carbocycles. The lowest BCUT2D eigenvalue weighted by Crippen LogP contribution is -2.40. The largest absolute Gasteiger partial charge is 0.382 e. The Bertz CT molecular complexity index is 620. The minimum atomic E-state index is -0.0635. The van der Waals surface area contributed by atoms with Crippen LogP contribution in [-0.2, 0) is 4.74 Å². The van der Waals surface area contributed by atoms with E-state index in [0.717, 1.165) is 42.3 Å².